The Balaban J connectivity index is 1.65. The van der Waals surface area contributed by atoms with Crippen LogP contribution in [0.15, 0.2) is 36.4 Å². The van der Waals surface area contributed by atoms with Gasteiger partial charge in [-0.3, -0.25) is 9.48 Å². The lowest BCUT2D eigenvalue weighted by atomic mass is 10.0. The van der Waals surface area contributed by atoms with E-state index < -0.39 is 23.6 Å². The lowest BCUT2D eigenvalue weighted by Crippen LogP contribution is -2.41. The summed E-state index contributed by atoms with van der Waals surface area (Å²) in [5.41, 5.74) is 7.63. The Hall–Kier alpha value is -3.46. The molecule has 0 bridgehead atoms. The predicted octanol–water partition coefficient (Wildman–Crippen LogP) is 3.94. The van der Waals surface area contributed by atoms with Crippen LogP contribution >= 0.6 is 11.6 Å². The van der Waals surface area contributed by atoms with E-state index in [9.17, 15) is 18.4 Å². The van der Waals surface area contributed by atoms with Crippen molar-refractivity contribution in [3.05, 3.63) is 69.9 Å². The minimum absolute atomic E-state index is 0.0501. The van der Waals surface area contributed by atoms with E-state index in [1.165, 1.54) is 29.2 Å². The van der Waals surface area contributed by atoms with Gasteiger partial charge in [0, 0.05) is 22.8 Å². The van der Waals surface area contributed by atoms with Gasteiger partial charge in [0.25, 0.3) is 5.91 Å². The number of urea groups is 1. The van der Waals surface area contributed by atoms with Crippen LogP contribution in [0.3, 0.4) is 0 Å². The number of primary amides is 1. The maximum absolute atomic E-state index is 13.8. The van der Waals surface area contributed by atoms with E-state index in [0.717, 1.165) is 6.07 Å². The summed E-state index contributed by atoms with van der Waals surface area (Å²) in [6.45, 7) is 2.37. The summed E-state index contributed by atoms with van der Waals surface area (Å²) in [5, 5.41) is 7.22. The van der Waals surface area contributed by atoms with Crippen molar-refractivity contribution in [2.45, 2.75) is 20.0 Å². The van der Waals surface area contributed by atoms with E-state index in [1.54, 1.807) is 17.7 Å². The number of nitrogens with zero attached hydrogens (tertiary/aromatic N) is 3. The van der Waals surface area contributed by atoms with Crippen LogP contribution < -0.4 is 11.1 Å². The van der Waals surface area contributed by atoms with Gasteiger partial charge in [-0.25, -0.2) is 13.6 Å². The number of nitrogens with two attached hydrogens (primary N) is 1. The molecule has 0 saturated carbocycles. The van der Waals surface area contributed by atoms with Crippen molar-refractivity contribution in [1.82, 2.24) is 14.7 Å². The fourth-order valence-electron chi connectivity index (χ4n) is 3.65. The monoisotopic (exact) mass is 445 g/mol. The second kappa shape index (κ2) is 7.99. The molecule has 1 aromatic heterocycles. The first kappa shape index (κ1) is 20.8. The first-order valence-corrected chi connectivity index (χ1v) is 9.78. The molecule has 0 saturated heterocycles. The average Bonchev–Trinajstić information content (AvgIpc) is 3.05. The topological polar surface area (TPSA) is 93.2 Å². The molecular weight excluding hydrogens is 428 g/mol. The van der Waals surface area contributed by atoms with E-state index in [-0.39, 0.29) is 22.8 Å². The quantitative estimate of drug-likeness (QED) is 0.639. The van der Waals surface area contributed by atoms with Gasteiger partial charge in [-0.05, 0) is 48.9 Å². The highest BCUT2D eigenvalue weighted by molar-refractivity contribution is 6.30. The Labute approximate surface area is 181 Å². The number of hydrogen-bond acceptors (Lipinski definition) is 3. The first-order valence-electron chi connectivity index (χ1n) is 9.40. The summed E-state index contributed by atoms with van der Waals surface area (Å²) in [6.07, 6.45) is 0. The third kappa shape index (κ3) is 4.22. The zero-order valence-electron chi connectivity index (χ0n) is 16.5. The van der Waals surface area contributed by atoms with Crippen LogP contribution in [0.1, 0.15) is 21.6 Å². The second-order valence-corrected chi connectivity index (χ2v) is 7.72. The van der Waals surface area contributed by atoms with Gasteiger partial charge in [0.05, 0.1) is 24.3 Å². The Morgan fingerprint density at radius 2 is 1.84 bits per heavy atom. The van der Waals surface area contributed by atoms with Gasteiger partial charge < -0.3 is 16.0 Å². The minimum Gasteiger partial charge on any atom is -0.365 e. The normalized spacial score (nSPS) is 13.1. The minimum atomic E-state index is -0.750. The molecule has 10 heteroatoms. The highest BCUT2D eigenvalue weighted by Gasteiger charge is 2.30. The number of amides is 3. The molecule has 3 N–H and O–H groups in total. The summed E-state index contributed by atoms with van der Waals surface area (Å²) >= 11 is 5.94. The van der Waals surface area contributed by atoms with Gasteiger partial charge in [-0.15, -0.1) is 0 Å². The zero-order chi connectivity index (χ0) is 22.3. The molecule has 31 heavy (non-hydrogen) atoms. The Morgan fingerprint density at radius 3 is 2.52 bits per heavy atom. The second-order valence-electron chi connectivity index (χ2n) is 7.28. The lowest BCUT2D eigenvalue weighted by Gasteiger charge is -2.28. The van der Waals surface area contributed by atoms with Crippen molar-refractivity contribution in [2.75, 3.05) is 11.9 Å². The summed E-state index contributed by atoms with van der Waals surface area (Å²) in [4.78, 5) is 26.4. The van der Waals surface area contributed by atoms with Crippen LogP contribution in [-0.2, 0) is 13.1 Å². The fraction of sp³-hybridized carbons (Fsp3) is 0.190. The SMILES string of the molecule is Cc1cc(F)cc(NC(=O)N2CCn3nc(-c4cc(F)cc(Cl)c4)c(C(N)=O)c3C2)c1. The summed E-state index contributed by atoms with van der Waals surface area (Å²) in [6, 6.07) is 7.61. The van der Waals surface area contributed by atoms with E-state index in [2.05, 4.69) is 10.4 Å². The van der Waals surface area contributed by atoms with Gasteiger partial charge in [-0.2, -0.15) is 5.10 Å². The lowest BCUT2D eigenvalue weighted by molar-refractivity contribution is 0.0997. The molecule has 3 amide bonds. The maximum atomic E-state index is 13.8. The summed E-state index contributed by atoms with van der Waals surface area (Å²) < 4.78 is 29.0. The number of fused-ring (bicyclic) bond motifs is 1. The third-order valence-electron chi connectivity index (χ3n) is 4.94. The highest BCUT2D eigenvalue weighted by atomic mass is 35.5. The summed E-state index contributed by atoms with van der Waals surface area (Å²) in [5.74, 6) is -1.78. The van der Waals surface area contributed by atoms with Crippen molar-refractivity contribution < 1.29 is 18.4 Å². The smallest absolute Gasteiger partial charge is 0.322 e. The van der Waals surface area contributed by atoms with E-state index in [0.29, 0.717) is 35.6 Å². The average molecular weight is 446 g/mol. The molecular formula is C21H18ClF2N5O2. The van der Waals surface area contributed by atoms with Crippen molar-refractivity contribution in [3.8, 4) is 11.3 Å². The Morgan fingerprint density at radius 1 is 1.10 bits per heavy atom. The highest BCUT2D eigenvalue weighted by Crippen LogP contribution is 2.30. The van der Waals surface area contributed by atoms with Gasteiger partial charge in [0.1, 0.15) is 17.3 Å². The molecule has 160 valence electrons. The van der Waals surface area contributed by atoms with Crippen molar-refractivity contribution in [1.29, 1.82) is 0 Å². The number of halogens is 3. The number of carbonyl (C=O) groups excluding carboxylic acids is 2. The molecule has 2 aromatic carbocycles. The van der Waals surface area contributed by atoms with Crippen LogP contribution in [0.5, 0.6) is 0 Å². The number of aryl methyl sites for hydroxylation is 1. The van der Waals surface area contributed by atoms with E-state index in [1.807, 2.05) is 0 Å². The standard InChI is InChI=1S/C21H18ClF2N5O2/c1-11-4-14(23)9-16(5-11)26-21(31)28-2-3-29-17(10-28)18(20(25)30)19(27-29)12-6-13(22)8-15(24)7-12/h4-9H,2-3,10H2,1H3,(H2,25,30)(H,26,31). The van der Waals surface area contributed by atoms with Gasteiger partial charge in [0.2, 0.25) is 0 Å². The van der Waals surface area contributed by atoms with E-state index >= 15 is 0 Å². The fourth-order valence-corrected chi connectivity index (χ4v) is 3.88. The van der Waals surface area contributed by atoms with Crippen molar-refractivity contribution >= 4 is 29.2 Å². The molecule has 1 aliphatic rings. The molecule has 7 nitrogen and oxygen atoms in total. The molecule has 1 aliphatic heterocycles. The molecule has 0 radical (unpaired) electrons. The van der Waals surface area contributed by atoms with E-state index in [4.69, 9.17) is 17.3 Å². The van der Waals surface area contributed by atoms with Crippen molar-refractivity contribution in [3.63, 3.8) is 0 Å². The maximum Gasteiger partial charge on any atom is 0.322 e. The molecule has 0 atom stereocenters. The molecule has 0 aliphatic carbocycles. The van der Waals surface area contributed by atoms with Gasteiger partial charge in [-0.1, -0.05) is 11.6 Å². The third-order valence-corrected chi connectivity index (χ3v) is 5.16. The van der Waals surface area contributed by atoms with Gasteiger partial charge >= 0.3 is 6.03 Å². The molecule has 0 unspecified atom stereocenters. The van der Waals surface area contributed by atoms with Crippen LogP contribution in [0.4, 0.5) is 19.3 Å². The number of benzene rings is 2. The van der Waals surface area contributed by atoms with Crippen LogP contribution in [-0.4, -0.2) is 33.2 Å². The van der Waals surface area contributed by atoms with Crippen LogP contribution in [0.25, 0.3) is 11.3 Å². The predicted molar refractivity (Wildman–Crippen MR) is 112 cm³/mol. The summed E-state index contributed by atoms with van der Waals surface area (Å²) in [7, 11) is 0. The Kier molecular flexibility index (Phi) is 5.36. The van der Waals surface area contributed by atoms with Crippen LogP contribution in [0, 0.1) is 18.6 Å². The molecule has 0 fully saturated rings. The number of nitrogens with one attached hydrogen (secondary N) is 1. The van der Waals surface area contributed by atoms with Gasteiger partial charge in [0.15, 0.2) is 0 Å². The molecule has 2 heterocycles. The number of anilines is 1. The molecule has 3 aromatic rings. The molecule has 0 spiro atoms. The number of carbonyl (C=O) groups is 2. The van der Waals surface area contributed by atoms with Crippen LogP contribution in [0.2, 0.25) is 5.02 Å². The van der Waals surface area contributed by atoms with Crippen molar-refractivity contribution in [2.24, 2.45) is 5.73 Å². The first-order chi connectivity index (χ1) is 14.7. The Bertz CT molecular complexity index is 1170. The number of aromatic nitrogens is 2. The molecule has 4 rings (SSSR count). The number of hydrogen-bond donors (Lipinski definition) is 2. The largest absolute Gasteiger partial charge is 0.365 e. The zero-order valence-corrected chi connectivity index (χ0v) is 17.2. The number of rotatable bonds is 3.